The molecule has 0 fully saturated rings. The second-order valence-corrected chi connectivity index (χ2v) is 4.37. The number of hydrogen-bond donors (Lipinski definition) is 1. The summed E-state index contributed by atoms with van der Waals surface area (Å²) in [6.07, 6.45) is 6.34. The van der Waals surface area contributed by atoms with Gasteiger partial charge in [-0.1, -0.05) is 6.92 Å². The Labute approximate surface area is 98.7 Å². The molecule has 16 heavy (non-hydrogen) atoms. The monoisotopic (exact) mass is 224 g/mol. The van der Waals surface area contributed by atoms with Crippen molar-refractivity contribution in [3.05, 3.63) is 18.2 Å². The van der Waals surface area contributed by atoms with E-state index in [1.54, 1.807) is 0 Å². The van der Waals surface area contributed by atoms with E-state index >= 15 is 0 Å². The highest BCUT2D eigenvalue weighted by Crippen LogP contribution is 2.02. The van der Waals surface area contributed by atoms with Gasteiger partial charge in [-0.15, -0.1) is 0 Å². The maximum absolute atomic E-state index is 4.20. The highest BCUT2D eigenvalue weighted by atomic mass is 15.1. The first-order chi connectivity index (χ1) is 7.74. The van der Waals surface area contributed by atoms with Crippen molar-refractivity contribution in [1.82, 2.24) is 19.8 Å². The van der Waals surface area contributed by atoms with Crippen molar-refractivity contribution in [3.8, 4) is 0 Å². The first kappa shape index (κ1) is 13.2. The molecule has 0 bridgehead atoms. The van der Waals surface area contributed by atoms with Crippen LogP contribution in [0, 0.1) is 0 Å². The molecule has 92 valence electrons. The number of aromatic nitrogens is 2. The van der Waals surface area contributed by atoms with Crippen LogP contribution in [0.2, 0.25) is 0 Å². The summed E-state index contributed by atoms with van der Waals surface area (Å²) in [4.78, 5) is 6.43. The van der Waals surface area contributed by atoms with Crippen LogP contribution in [-0.4, -0.2) is 41.6 Å². The quantitative estimate of drug-likeness (QED) is 0.676. The van der Waals surface area contributed by atoms with E-state index in [0.29, 0.717) is 0 Å². The molecular weight excluding hydrogens is 200 g/mol. The van der Waals surface area contributed by atoms with Gasteiger partial charge in [0.2, 0.25) is 0 Å². The molecule has 0 saturated heterocycles. The predicted octanol–water partition coefficient (Wildman–Crippen LogP) is 1.33. The summed E-state index contributed by atoms with van der Waals surface area (Å²) in [5.41, 5.74) is 1.28. The number of nitrogens with one attached hydrogen (secondary N) is 1. The average Bonchev–Trinajstić information content (AvgIpc) is 2.69. The van der Waals surface area contributed by atoms with Crippen LogP contribution in [0.25, 0.3) is 0 Å². The normalized spacial score (nSPS) is 11.2. The number of rotatable bonds is 8. The summed E-state index contributed by atoms with van der Waals surface area (Å²) >= 11 is 0. The van der Waals surface area contributed by atoms with Gasteiger partial charge in [-0.2, -0.15) is 0 Å². The third-order valence-electron chi connectivity index (χ3n) is 2.61. The Bertz CT molecular complexity index is 280. The molecular formula is C12H24N4. The van der Waals surface area contributed by atoms with E-state index < -0.39 is 0 Å². The summed E-state index contributed by atoms with van der Waals surface area (Å²) in [7, 11) is 4.24. The average molecular weight is 224 g/mol. The molecule has 4 nitrogen and oxygen atoms in total. The van der Waals surface area contributed by atoms with Gasteiger partial charge in [0.15, 0.2) is 0 Å². The Morgan fingerprint density at radius 1 is 1.38 bits per heavy atom. The second kappa shape index (κ2) is 7.41. The topological polar surface area (TPSA) is 33.1 Å². The van der Waals surface area contributed by atoms with Crippen LogP contribution in [0.15, 0.2) is 12.5 Å². The van der Waals surface area contributed by atoms with Gasteiger partial charge in [-0.05, 0) is 40.0 Å². The lowest BCUT2D eigenvalue weighted by atomic mass is 10.3. The van der Waals surface area contributed by atoms with Crippen molar-refractivity contribution < 1.29 is 0 Å². The highest BCUT2D eigenvalue weighted by Gasteiger charge is 2.00. The summed E-state index contributed by atoms with van der Waals surface area (Å²) in [5, 5.41) is 3.33. The number of aryl methyl sites for hydroxylation is 1. The van der Waals surface area contributed by atoms with E-state index in [2.05, 4.69) is 40.8 Å². The van der Waals surface area contributed by atoms with Crippen molar-refractivity contribution in [2.45, 2.75) is 32.9 Å². The fourth-order valence-corrected chi connectivity index (χ4v) is 1.66. The van der Waals surface area contributed by atoms with E-state index in [1.807, 2.05) is 12.5 Å². The maximum Gasteiger partial charge on any atom is 0.0948 e. The Balaban J connectivity index is 2.27. The molecule has 0 aliphatic rings. The van der Waals surface area contributed by atoms with E-state index in [-0.39, 0.29) is 0 Å². The highest BCUT2D eigenvalue weighted by molar-refractivity contribution is 4.97. The van der Waals surface area contributed by atoms with Gasteiger partial charge < -0.3 is 14.8 Å². The zero-order chi connectivity index (χ0) is 11.8. The Kier molecular flexibility index (Phi) is 6.11. The minimum Gasteiger partial charge on any atom is -0.333 e. The van der Waals surface area contributed by atoms with E-state index in [1.165, 1.54) is 18.5 Å². The van der Waals surface area contributed by atoms with Crippen LogP contribution in [0.1, 0.15) is 25.5 Å². The maximum atomic E-state index is 4.20. The molecule has 0 radical (unpaired) electrons. The second-order valence-electron chi connectivity index (χ2n) is 4.37. The van der Waals surface area contributed by atoms with Crippen molar-refractivity contribution >= 4 is 0 Å². The van der Waals surface area contributed by atoms with Crippen molar-refractivity contribution in [1.29, 1.82) is 0 Å². The molecule has 1 aromatic heterocycles. The van der Waals surface area contributed by atoms with E-state index in [0.717, 1.165) is 26.2 Å². The minimum absolute atomic E-state index is 0.921. The van der Waals surface area contributed by atoms with Gasteiger partial charge in [0.1, 0.15) is 0 Å². The van der Waals surface area contributed by atoms with Crippen LogP contribution in [0.4, 0.5) is 0 Å². The molecule has 1 rings (SSSR count). The van der Waals surface area contributed by atoms with Gasteiger partial charge in [-0.25, -0.2) is 4.98 Å². The Morgan fingerprint density at radius 2 is 2.19 bits per heavy atom. The fourth-order valence-electron chi connectivity index (χ4n) is 1.66. The van der Waals surface area contributed by atoms with Crippen LogP contribution in [0.3, 0.4) is 0 Å². The smallest absolute Gasteiger partial charge is 0.0948 e. The predicted molar refractivity (Wildman–Crippen MR) is 67.4 cm³/mol. The van der Waals surface area contributed by atoms with Gasteiger partial charge >= 0.3 is 0 Å². The van der Waals surface area contributed by atoms with E-state index in [9.17, 15) is 0 Å². The van der Waals surface area contributed by atoms with Crippen molar-refractivity contribution in [2.75, 3.05) is 27.2 Å². The Hall–Kier alpha value is -0.870. The lowest BCUT2D eigenvalue weighted by Gasteiger charge is -2.11. The van der Waals surface area contributed by atoms with Crippen LogP contribution < -0.4 is 5.32 Å². The van der Waals surface area contributed by atoms with Crippen molar-refractivity contribution in [2.24, 2.45) is 0 Å². The van der Waals surface area contributed by atoms with Gasteiger partial charge in [0.05, 0.1) is 12.0 Å². The lowest BCUT2D eigenvalue weighted by molar-refractivity contribution is 0.386. The molecule has 0 saturated carbocycles. The van der Waals surface area contributed by atoms with Crippen LogP contribution in [0.5, 0.6) is 0 Å². The van der Waals surface area contributed by atoms with Crippen LogP contribution in [-0.2, 0) is 13.1 Å². The third kappa shape index (κ3) is 4.77. The standard InChI is InChI=1S/C12H24N4/c1-4-13-9-12-10-14-11-16(12)8-6-5-7-15(2)3/h10-11,13H,4-9H2,1-3H3. The molecule has 0 spiro atoms. The minimum atomic E-state index is 0.921. The molecule has 0 aromatic carbocycles. The molecule has 0 aliphatic carbocycles. The number of unbranched alkanes of at least 4 members (excludes halogenated alkanes) is 1. The molecule has 0 amide bonds. The SMILES string of the molecule is CCNCc1cncn1CCCCN(C)C. The van der Waals surface area contributed by atoms with Gasteiger partial charge in [0.25, 0.3) is 0 Å². The molecule has 4 heteroatoms. The molecule has 0 atom stereocenters. The summed E-state index contributed by atoms with van der Waals surface area (Å²) in [5.74, 6) is 0. The molecule has 0 unspecified atom stereocenters. The lowest BCUT2D eigenvalue weighted by Crippen LogP contribution is -2.16. The first-order valence-electron chi connectivity index (χ1n) is 6.08. The summed E-state index contributed by atoms with van der Waals surface area (Å²) < 4.78 is 2.25. The summed E-state index contributed by atoms with van der Waals surface area (Å²) in [6.45, 7) is 6.29. The third-order valence-corrected chi connectivity index (χ3v) is 2.61. The number of nitrogens with zero attached hydrogens (tertiary/aromatic N) is 3. The molecule has 1 heterocycles. The largest absolute Gasteiger partial charge is 0.333 e. The number of hydrogen-bond acceptors (Lipinski definition) is 3. The van der Waals surface area contributed by atoms with Crippen molar-refractivity contribution in [3.63, 3.8) is 0 Å². The molecule has 0 aliphatic heterocycles. The fraction of sp³-hybridized carbons (Fsp3) is 0.750. The Morgan fingerprint density at radius 3 is 2.88 bits per heavy atom. The number of imidazole rings is 1. The molecule has 1 N–H and O–H groups in total. The van der Waals surface area contributed by atoms with E-state index in [4.69, 9.17) is 0 Å². The van der Waals surface area contributed by atoms with Gasteiger partial charge in [-0.3, -0.25) is 0 Å². The summed E-state index contributed by atoms with van der Waals surface area (Å²) in [6, 6.07) is 0. The zero-order valence-electron chi connectivity index (χ0n) is 10.7. The first-order valence-corrected chi connectivity index (χ1v) is 6.08. The molecule has 1 aromatic rings. The van der Waals surface area contributed by atoms with Gasteiger partial charge in [0, 0.05) is 19.3 Å². The zero-order valence-corrected chi connectivity index (χ0v) is 10.7. The van der Waals surface area contributed by atoms with Crippen LogP contribution >= 0.6 is 0 Å².